The van der Waals surface area contributed by atoms with Crippen LogP contribution in [0.3, 0.4) is 0 Å². The predicted molar refractivity (Wildman–Crippen MR) is 101 cm³/mol. The van der Waals surface area contributed by atoms with Gasteiger partial charge >= 0.3 is 0 Å². The van der Waals surface area contributed by atoms with Crippen LogP contribution in [0, 0.1) is 0 Å². The van der Waals surface area contributed by atoms with Gasteiger partial charge < -0.3 is 19.5 Å². The third-order valence-electron chi connectivity index (χ3n) is 4.63. The summed E-state index contributed by atoms with van der Waals surface area (Å²) in [6, 6.07) is 11.6. The van der Waals surface area contributed by atoms with Crippen molar-refractivity contribution in [1.29, 1.82) is 0 Å². The molecule has 0 aliphatic carbocycles. The number of hydrogen-bond donors (Lipinski definition) is 1. The van der Waals surface area contributed by atoms with E-state index in [0.717, 1.165) is 35.4 Å². The highest BCUT2D eigenvalue weighted by molar-refractivity contribution is 5.96. The molecule has 0 unspecified atom stereocenters. The fourth-order valence-electron chi connectivity index (χ4n) is 3.33. The van der Waals surface area contributed by atoms with Gasteiger partial charge in [0, 0.05) is 35.6 Å². The highest BCUT2D eigenvalue weighted by atomic mass is 16.5. The van der Waals surface area contributed by atoms with E-state index in [1.807, 2.05) is 36.4 Å². The smallest absolute Gasteiger partial charge is 0.225 e. The molecule has 1 amide bonds. The Labute approximate surface area is 154 Å². The van der Waals surface area contributed by atoms with Crippen LogP contribution in [0.4, 0.5) is 5.69 Å². The Balaban J connectivity index is 2.07. The van der Waals surface area contributed by atoms with Crippen LogP contribution in [0.15, 0.2) is 36.4 Å². The molecule has 1 atom stereocenters. The summed E-state index contributed by atoms with van der Waals surface area (Å²) in [4.78, 5) is 12.3. The average molecular weight is 355 g/mol. The summed E-state index contributed by atoms with van der Waals surface area (Å²) in [5.74, 6) is 2.02. The van der Waals surface area contributed by atoms with E-state index in [9.17, 15) is 4.79 Å². The number of unbranched alkanes of at least 4 members (excludes halogenated alkanes) is 1. The first-order chi connectivity index (χ1) is 12.7. The molecule has 2 aromatic carbocycles. The number of amides is 1. The molecule has 5 heteroatoms. The minimum Gasteiger partial charge on any atom is -0.497 e. The molecule has 2 aromatic rings. The zero-order chi connectivity index (χ0) is 18.5. The Hall–Kier alpha value is -2.69. The number of para-hydroxylation sites is 1. The summed E-state index contributed by atoms with van der Waals surface area (Å²) in [5, 5.41) is 2.94. The van der Waals surface area contributed by atoms with Crippen LogP contribution < -0.4 is 19.5 Å². The van der Waals surface area contributed by atoms with Crippen LogP contribution in [0.25, 0.3) is 0 Å². The molecule has 1 N–H and O–H groups in total. The minimum atomic E-state index is -0.127. The molecule has 0 fully saturated rings. The fraction of sp³-hybridized carbons (Fsp3) is 0.381. The Bertz CT molecular complexity index is 788. The maximum Gasteiger partial charge on any atom is 0.225 e. The number of ether oxygens (including phenoxy) is 3. The highest BCUT2D eigenvalue weighted by Gasteiger charge is 2.32. The summed E-state index contributed by atoms with van der Waals surface area (Å²) < 4.78 is 16.9. The number of carbonyl (C=O) groups is 1. The zero-order valence-electron chi connectivity index (χ0n) is 15.5. The third kappa shape index (κ3) is 3.62. The van der Waals surface area contributed by atoms with Gasteiger partial charge in [0.15, 0.2) is 0 Å². The van der Waals surface area contributed by atoms with Crippen molar-refractivity contribution in [1.82, 2.24) is 0 Å². The predicted octanol–water partition coefficient (Wildman–Crippen LogP) is 4.36. The molecule has 0 saturated heterocycles. The molecule has 1 heterocycles. The first-order valence-electron chi connectivity index (χ1n) is 8.95. The molecule has 1 aliphatic heterocycles. The number of rotatable bonds is 7. The number of methoxy groups -OCH3 is 2. The summed E-state index contributed by atoms with van der Waals surface area (Å²) in [5.41, 5.74) is 2.69. The number of anilines is 1. The lowest BCUT2D eigenvalue weighted by atomic mass is 9.83. The molecule has 26 heavy (non-hydrogen) atoms. The van der Waals surface area contributed by atoms with E-state index in [1.54, 1.807) is 14.2 Å². The van der Waals surface area contributed by atoms with Crippen molar-refractivity contribution in [2.24, 2.45) is 0 Å². The van der Waals surface area contributed by atoms with Crippen molar-refractivity contribution in [3.63, 3.8) is 0 Å². The molecule has 0 spiro atoms. The van der Waals surface area contributed by atoms with Crippen LogP contribution in [0.1, 0.15) is 43.2 Å². The second-order valence-corrected chi connectivity index (χ2v) is 6.34. The van der Waals surface area contributed by atoms with Gasteiger partial charge in [0.2, 0.25) is 5.91 Å². The maximum absolute atomic E-state index is 12.3. The third-order valence-corrected chi connectivity index (χ3v) is 4.63. The lowest BCUT2D eigenvalue weighted by Gasteiger charge is -2.29. The van der Waals surface area contributed by atoms with E-state index in [1.165, 1.54) is 0 Å². The van der Waals surface area contributed by atoms with Crippen molar-refractivity contribution in [2.75, 3.05) is 26.1 Å². The van der Waals surface area contributed by atoms with E-state index in [2.05, 4.69) is 12.2 Å². The van der Waals surface area contributed by atoms with Gasteiger partial charge in [0.25, 0.3) is 0 Å². The van der Waals surface area contributed by atoms with Crippen molar-refractivity contribution >= 4 is 11.6 Å². The van der Waals surface area contributed by atoms with Gasteiger partial charge in [0.05, 0.1) is 26.5 Å². The Kier molecular flexibility index (Phi) is 5.66. The highest BCUT2D eigenvalue weighted by Crippen LogP contribution is 2.46. The van der Waals surface area contributed by atoms with Gasteiger partial charge in [0.1, 0.15) is 17.2 Å². The summed E-state index contributed by atoms with van der Waals surface area (Å²) in [6.45, 7) is 2.80. The average Bonchev–Trinajstić information content (AvgIpc) is 2.66. The van der Waals surface area contributed by atoms with Gasteiger partial charge in [-0.25, -0.2) is 0 Å². The first-order valence-corrected chi connectivity index (χ1v) is 8.95. The molecule has 0 radical (unpaired) electrons. The molecular weight excluding hydrogens is 330 g/mol. The van der Waals surface area contributed by atoms with Crippen LogP contribution in [-0.2, 0) is 4.79 Å². The second-order valence-electron chi connectivity index (χ2n) is 6.34. The van der Waals surface area contributed by atoms with Crippen molar-refractivity contribution in [3.05, 3.63) is 47.5 Å². The van der Waals surface area contributed by atoms with E-state index >= 15 is 0 Å². The van der Waals surface area contributed by atoms with Gasteiger partial charge in [-0.15, -0.1) is 0 Å². The number of hydrogen-bond acceptors (Lipinski definition) is 4. The summed E-state index contributed by atoms with van der Waals surface area (Å²) in [7, 11) is 3.23. The normalized spacial score (nSPS) is 15.8. The number of fused-ring (bicyclic) bond motifs is 1. The fourth-order valence-corrected chi connectivity index (χ4v) is 3.33. The van der Waals surface area contributed by atoms with Crippen LogP contribution in [0.2, 0.25) is 0 Å². The Morgan fingerprint density at radius 1 is 1.12 bits per heavy atom. The quantitative estimate of drug-likeness (QED) is 0.750. The van der Waals surface area contributed by atoms with Gasteiger partial charge in [-0.3, -0.25) is 4.79 Å². The monoisotopic (exact) mass is 355 g/mol. The van der Waals surface area contributed by atoms with Crippen LogP contribution >= 0.6 is 0 Å². The van der Waals surface area contributed by atoms with Crippen molar-refractivity contribution in [3.8, 4) is 17.2 Å². The first kappa shape index (κ1) is 18.1. The number of nitrogens with one attached hydrogen (secondary N) is 1. The Morgan fingerprint density at radius 2 is 1.92 bits per heavy atom. The largest absolute Gasteiger partial charge is 0.497 e. The van der Waals surface area contributed by atoms with Gasteiger partial charge in [-0.1, -0.05) is 31.5 Å². The number of carbonyl (C=O) groups excluding carboxylic acids is 1. The molecule has 3 rings (SSSR count). The molecule has 5 nitrogen and oxygen atoms in total. The molecule has 1 aliphatic rings. The Morgan fingerprint density at radius 3 is 2.65 bits per heavy atom. The maximum atomic E-state index is 12.3. The van der Waals surface area contributed by atoms with Crippen LogP contribution in [-0.4, -0.2) is 26.7 Å². The van der Waals surface area contributed by atoms with Gasteiger partial charge in [-0.05, 0) is 12.5 Å². The topological polar surface area (TPSA) is 56.8 Å². The van der Waals surface area contributed by atoms with Gasteiger partial charge in [-0.2, -0.15) is 0 Å². The summed E-state index contributed by atoms with van der Waals surface area (Å²) >= 11 is 0. The summed E-state index contributed by atoms with van der Waals surface area (Å²) in [6.07, 6.45) is 2.42. The molecule has 0 bridgehead atoms. The lowest BCUT2D eigenvalue weighted by molar-refractivity contribution is -0.116. The van der Waals surface area contributed by atoms with Crippen molar-refractivity contribution in [2.45, 2.75) is 32.1 Å². The van der Waals surface area contributed by atoms with E-state index in [4.69, 9.17) is 14.2 Å². The molecular formula is C21H25NO4. The van der Waals surface area contributed by atoms with E-state index in [0.29, 0.717) is 24.5 Å². The second kappa shape index (κ2) is 8.13. The molecule has 138 valence electrons. The molecule has 0 saturated carbocycles. The SMILES string of the molecule is CCCCOc1ccccc1[C@H]1CC(=O)Nc2cc(OC)cc(OC)c21. The molecule has 0 aromatic heterocycles. The minimum absolute atomic E-state index is 0.0267. The van der Waals surface area contributed by atoms with E-state index < -0.39 is 0 Å². The van der Waals surface area contributed by atoms with Crippen LogP contribution in [0.5, 0.6) is 17.2 Å². The number of benzene rings is 2. The lowest BCUT2D eigenvalue weighted by Crippen LogP contribution is -2.24. The van der Waals surface area contributed by atoms with Crippen molar-refractivity contribution < 1.29 is 19.0 Å². The van der Waals surface area contributed by atoms with E-state index in [-0.39, 0.29) is 11.8 Å². The standard InChI is InChI=1S/C21H25NO4/c1-4-5-10-26-18-9-7-6-8-15(18)16-13-20(23)22-17-11-14(24-2)12-19(25-3)21(16)17/h6-9,11-12,16H,4-5,10,13H2,1-3H3,(H,22,23)/t16-/m1/s1. The zero-order valence-corrected chi connectivity index (χ0v) is 15.5.